The lowest BCUT2D eigenvalue weighted by molar-refractivity contribution is 0.0917. The number of carbonyl (C=O) groups is 1. The van der Waals surface area contributed by atoms with Crippen LogP contribution >= 0.6 is 0 Å². The van der Waals surface area contributed by atoms with Crippen LogP contribution in [0.25, 0.3) is 0 Å². The molecule has 1 aromatic rings. The van der Waals surface area contributed by atoms with Gasteiger partial charge in [0.05, 0.1) is 6.54 Å². The molecule has 1 aliphatic heterocycles. The van der Waals surface area contributed by atoms with Gasteiger partial charge in [0.2, 0.25) is 0 Å². The Hall–Kier alpha value is -1.37. The molecule has 20 heavy (non-hydrogen) atoms. The fourth-order valence-corrected chi connectivity index (χ4v) is 2.85. The van der Waals surface area contributed by atoms with Crippen molar-refractivity contribution in [3.8, 4) is 0 Å². The zero-order valence-corrected chi connectivity index (χ0v) is 11.9. The van der Waals surface area contributed by atoms with E-state index in [1.807, 2.05) is 13.0 Å². The Morgan fingerprint density at radius 2 is 2.45 bits per heavy atom. The van der Waals surface area contributed by atoms with Crippen LogP contribution in [0.4, 0.5) is 0 Å². The van der Waals surface area contributed by atoms with E-state index >= 15 is 0 Å². The molecule has 2 heterocycles. The lowest BCUT2D eigenvalue weighted by atomic mass is 9.95. The van der Waals surface area contributed by atoms with Crippen molar-refractivity contribution in [1.82, 2.24) is 10.3 Å². The van der Waals surface area contributed by atoms with E-state index in [2.05, 4.69) is 10.3 Å². The number of nitrogens with two attached hydrogens (primary N) is 1. The number of likely N-dealkylation sites (tertiary alicyclic amines) is 1. The van der Waals surface area contributed by atoms with E-state index in [9.17, 15) is 4.79 Å². The van der Waals surface area contributed by atoms with E-state index in [-0.39, 0.29) is 12.4 Å². The van der Waals surface area contributed by atoms with Crippen LogP contribution in [0.2, 0.25) is 0 Å². The highest BCUT2D eigenvalue weighted by molar-refractivity contribution is 5.92. The maximum atomic E-state index is 11.5. The Kier molecular flexibility index (Phi) is 5.17. The molecule has 1 saturated heterocycles. The summed E-state index contributed by atoms with van der Waals surface area (Å²) in [7, 11) is 0. The molecule has 6 nitrogen and oxygen atoms in total. The van der Waals surface area contributed by atoms with Crippen molar-refractivity contribution in [2.45, 2.75) is 32.7 Å². The molecule has 4 N–H and O–H groups in total. The minimum atomic E-state index is -0.398. The van der Waals surface area contributed by atoms with E-state index in [0.29, 0.717) is 12.5 Å². The molecule has 1 fully saturated rings. The molecule has 0 aliphatic carbocycles. The van der Waals surface area contributed by atoms with E-state index in [0.717, 1.165) is 37.3 Å². The SMILES string of the molecule is Cc1cc(CN2CCCC(CCO)C2)oc1C(=O)NN. The largest absolute Gasteiger partial charge is 0.454 e. The summed E-state index contributed by atoms with van der Waals surface area (Å²) in [5.74, 6) is 6.35. The quantitative estimate of drug-likeness (QED) is 0.421. The van der Waals surface area contributed by atoms with Gasteiger partial charge in [0, 0.05) is 18.7 Å². The summed E-state index contributed by atoms with van der Waals surface area (Å²) in [5, 5.41) is 9.03. The smallest absolute Gasteiger partial charge is 0.301 e. The molecule has 1 aromatic heterocycles. The Morgan fingerprint density at radius 3 is 3.15 bits per heavy atom. The number of nitrogens with zero attached hydrogens (tertiary/aromatic N) is 1. The summed E-state index contributed by atoms with van der Waals surface area (Å²) < 4.78 is 5.58. The number of nitrogen functional groups attached to an aromatic ring is 1. The summed E-state index contributed by atoms with van der Waals surface area (Å²) >= 11 is 0. The molecule has 0 saturated carbocycles. The number of rotatable bonds is 5. The Labute approximate surface area is 118 Å². The zero-order valence-electron chi connectivity index (χ0n) is 11.9. The highest BCUT2D eigenvalue weighted by atomic mass is 16.4. The third-order valence-electron chi connectivity index (χ3n) is 3.83. The van der Waals surface area contributed by atoms with Crippen molar-refractivity contribution in [2.75, 3.05) is 19.7 Å². The number of amides is 1. The minimum absolute atomic E-state index is 0.249. The van der Waals surface area contributed by atoms with Gasteiger partial charge in [-0.25, -0.2) is 5.84 Å². The summed E-state index contributed by atoms with van der Waals surface area (Å²) in [6, 6.07) is 1.89. The molecule has 0 aromatic carbocycles. The van der Waals surface area contributed by atoms with Gasteiger partial charge in [0.1, 0.15) is 5.76 Å². The molecule has 1 atom stereocenters. The van der Waals surface area contributed by atoms with Gasteiger partial charge in [-0.3, -0.25) is 15.1 Å². The predicted molar refractivity (Wildman–Crippen MR) is 74.8 cm³/mol. The van der Waals surface area contributed by atoms with Gasteiger partial charge in [0.25, 0.3) is 0 Å². The molecule has 6 heteroatoms. The summed E-state index contributed by atoms with van der Waals surface area (Å²) in [5.41, 5.74) is 2.89. The van der Waals surface area contributed by atoms with Gasteiger partial charge >= 0.3 is 5.91 Å². The molecule has 1 aliphatic rings. The van der Waals surface area contributed by atoms with E-state index in [4.69, 9.17) is 15.4 Å². The van der Waals surface area contributed by atoms with Gasteiger partial charge in [0.15, 0.2) is 5.76 Å². The number of piperidine rings is 1. The molecule has 112 valence electrons. The zero-order chi connectivity index (χ0) is 14.5. The lowest BCUT2D eigenvalue weighted by Crippen LogP contribution is -2.35. The number of hydrogen-bond acceptors (Lipinski definition) is 5. The Bertz CT molecular complexity index is 457. The van der Waals surface area contributed by atoms with Crippen molar-refractivity contribution in [2.24, 2.45) is 11.8 Å². The summed E-state index contributed by atoms with van der Waals surface area (Å²) in [6.07, 6.45) is 3.17. The number of aryl methyl sites for hydroxylation is 1. The Morgan fingerprint density at radius 1 is 1.65 bits per heavy atom. The highest BCUT2D eigenvalue weighted by Gasteiger charge is 2.22. The first-order valence-corrected chi connectivity index (χ1v) is 7.07. The van der Waals surface area contributed by atoms with Gasteiger partial charge in [-0.15, -0.1) is 0 Å². The number of hydrogen-bond donors (Lipinski definition) is 3. The van der Waals surface area contributed by atoms with Crippen molar-refractivity contribution in [1.29, 1.82) is 0 Å². The van der Waals surface area contributed by atoms with Gasteiger partial charge in [-0.05, 0) is 44.7 Å². The first-order valence-electron chi connectivity index (χ1n) is 7.07. The number of aliphatic hydroxyl groups is 1. The average Bonchev–Trinajstić information content (AvgIpc) is 2.79. The van der Waals surface area contributed by atoms with Crippen molar-refractivity contribution in [3.05, 3.63) is 23.2 Å². The van der Waals surface area contributed by atoms with Crippen LogP contribution in [0.5, 0.6) is 0 Å². The molecular weight excluding hydrogens is 258 g/mol. The maximum Gasteiger partial charge on any atom is 0.301 e. The van der Waals surface area contributed by atoms with Crippen LogP contribution in [0, 0.1) is 12.8 Å². The second kappa shape index (κ2) is 6.88. The third kappa shape index (κ3) is 3.59. The normalized spacial score (nSPS) is 20.1. The monoisotopic (exact) mass is 281 g/mol. The van der Waals surface area contributed by atoms with Gasteiger partial charge in [-0.1, -0.05) is 0 Å². The molecular formula is C14H23N3O3. The molecule has 1 unspecified atom stereocenters. The number of furan rings is 1. The third-order valence-corrected chi connectivity index (χ3v) is 3.83. The number of aliphatic hydroxyl groups excluding tert-OH is 1. The van der Waals surface area contributed by atoms with Crippen LogP contribution < -0.4 is 11.3 Å². The first kappa shape index (κ1) is 15.0. The van der Waals surface area contributed by atoms with Crippen LogP contribution in [0.3, 0.4) is 0 Å². The van der Waals surface area contributed by atoms with Crippen LogP contribution in [0.15, 0.2) is 10.5 Å². The van der Waals surface area contributed by atoms with Crippen LogP contribution in [-0.4, -0.2) is 35.6 Å². The fourth-order valence-electron chi connectivity index (χ4n) is 2.85. The first-order chi connectivity index (χ1) is 9.63. The summed E-state index contributed by atoms with van der Waals surface area (Å²) in [6.45, 7) is 4.78. The number of nitrogens with one attached hydrogen (secondary N) is 1. The van der Waals surface area contributed by atoms with Gasteiger partial charge in [-0.2, -0.15) is 0 Å². The maximum absolute atomic E-state index is 11.5. The minimum Gasteiger partial charge on any atom is -0.454 e. The molecule has 2 rings (SSSR count). The predicted octanol–water partition coefficient (Wildman–Crippen LogP) is 0.786. The van der Waals surface area contributed by atoms with E-state index in [1.165, 1.54) is 6.42 Å². The lowest BCUT2D eigenvalue weighted by Gasteiger charge is -2.31. The molecule has 0 radical (unpaired) electrons. The molecule has 0 spiro atoms. The fraction of sp³-hybridized carbons (Fsp3) is 0.643. The van der Waals surface area contributed by atoms with Crippen molar-refractivity contribution >= 4 is 5.91 Å². The standard InChI is InChI=1S/C14H23N3O3/c1-10-7-12(20-13(10)14(19)16-15)9-17-5-2-3-11(8-17)4-6-18/h7,11,18H,2-6,8-9,15H2,1H3,(H,16,19). The van der Waals surface area contributed by atoms with Crippen LogP contribution in [0.1, 0.15) is 41.1 Å². The molecule has 1 amide bonds. The second-order valence-corrected chi connectivity index (χ2v) is 5.45. The van der Waals surface area contributed by atoms with Crippen LogP contribution in [-0.2, 0) is 6.54 Å². The Balaban J connectivity index is 1.97. The second-order valence-electron chi connectivity index (χ2n) is 5.45. The van der Waals surface area contributed by atoms with Gasteiger partial charge < -0.3 is 9.52 Å². The van der Waals surface area contributed by atoms with E-state index < -0.39 is 5.91 Å². The van der Waals surface area contributed by atoms with Crippen molar-refractivity contribution < 1.29 is 14.3 Å². The summed E-state index contributed by atoms with van der Waals surface area (Å²) in [4.78, 5) is 13.8. The average molecular weight is 281 g/mol. The topological polar surface area (TPSA) is 91.7 Å². The highest BCUT2D eigenvalue weighted by Crippen LogP contribution is 2.22. The number of hydrazine groups is 1. The number of carbonyl (C=O) groups excluding carboxylic acids is 1. The van der Waals surface area contributed by atoms with E-state index in [1.54, 1.807) is 0 Å². The molecule has 0 bridgehead atoms. The van der Waals surface area contributed by atoms with Crippen molar-refractivity contribution in [3.63, 3.8) is 0 Å².